The highest BCUT2D eigenvalue weighted by Gasteiger charge is 2.46. The molecule has 5 nitrogen and oxygen atoms in total. The molecule has 7 heteroatoms. The largest absolute Gasteiger partial charge is 0.297 e. The van der Waals surface area contributed by atoms with Crippen molar-refractivity contribution in [3.8, 4) is 0 Å². The van der Waals surface area contributed by atoms with E-state index in [1.807, 2.05) is 0 Å². The maximum Gasteiger partial charge on any atom is 0.221 e. The van der Waals surface area contributed by atoms with Crippen LogP contribution in [0.2, 0.25) is 0 Å². The molecule has 2 fully saturated rings. The van der Waals surface area contributed by atoms with Crippen LogP contribution < -0.4 is 0 Å². The minimum absolute atomic E-state index is 0.0638. The first kappa shape index (κ1) is 15.9. The van der Waals surface area contributed by atoms with Crippen molar-refractivity contribution < 1.29 is 17.6 Å². The average Bonchev–Trinajstić information content (AvgIpc) is 2.91. The van der Waals surface area contributed by atoms with Gasteiger partial charge in [0.05, 0.1) is 12.6 Å². The second-order valence-electron chi connectivity index (χ2n) is 5.85. The van der Waals surface area contributed by atoms with Crippen molar-refractivity contribution in [2.45, 2.75) is 30.6 Å². The highest BCUT2D eigenvalue weighted by Crippen LogP contribution is 2.36. The van der Waals surface area contributed by atoms with E-state index in [1.165, 1.54) is 15.4 Å². The van der Waals surface area contributed by atoms with E-state index in [9.17, 15) is 12.8 Å². The molecule has 2 saturated heterocycles. The molecule has 0 spiro atoms. The summed E-state index contributed by atoms with van der Waals surface area (Å²) >= 11 is 0. The Morgan fingerprint density at radius 3 is 2.55 bits per heavy atom. The van der Waals surface area contributed by atoms with Crippen LogP contribution in [0.5, 0.6) is 0 Å². The van der Waals surface area contributed by atoms with Gasteiger partial charge in [-0.1, -0.05) is 24.6 Å². The third kappa shape index (κ3) is 2.78. The molecular formula is C15H21FN2O3S. The van der Waals surface area contributed by atoms with Crippen LogP contribution in [-0.2, 0) is 14.9 Å². The van der Waals surface area contributed by atoms with Gasteiger partial charge in [0, 0.05) is 25.7 Å². The summed E-state index contributed by atoms with van der Waals surface area (Å²) in [6.07, 6.45) is 2.82. The van der Waals surface area contributed by atoms with Gasteiger partial charge in [-0.15, -0.1) is 0 Å². The van der Waals surface area contributed by atoms with Crippen LogP contribution in [0.4, 0.5) is 4.39 Å². The number of benzene rings is 1. The van der Waals surface area contributed by atoms with Crippen molar-refractivity contribution in [1.82, 2.24) is 9.37 Å². The Balaban J connectivity index is 1.93. The maximum absolute atomic E-state index is 14.1. The van der Waals surface area contributed by atoms with Crippen LogP contribution in [0, 0.1) is 5.82 Å². The second kappa shape index (κ2) is 6.23. The van der Waals surface area contributed by atoms with Crippen molar-refractivity contribution in [3.63, 3.8) is 0 Å². The van der Waals surface area contributed by atoms with E-state index in [0.29, 0.717) is 18.7 Å². The van der Waals surface area contributed by atoms with E-state index >= 15 is 0 Å². The van der Waals surface area contributed by atoms with Crippen molar-refractivity contribution in [2.75, 3.05) is 26.7 Å². The molecule has 0 bridgehead atoms. The lowest BCUT2D eigenvalue weighted by Gasteiger charge is -2.31. The number of halogens is 1. The van der Waals surface area contributed by atoms with Gasteiger partial charge >= 0.3 is 0 Å². The van der Waals surface area contributed by atoms with Crippen molar-refractivity contribution in [2.24, 2.45) is 0 Å². The minimum Gasteiger partial charge on any atom is -0.297 e. The van der Waals surface area contributed by atoms with E-state index in [2.05, 4.69) is 0 Å². The zero-order valence-corrected chi connectivity index (χ0v) is 13.4. The molecule has 22 heavy (non-hydrogen) atoms. The van der Waals surface area contributed by atoms with Gasteiger partial charge in [0.1, 0.15) is 11.1 Å². The summed E-state index contributed by atoms with van der Waals surface area (Å²) in [4.78, 5) is 5.43. The molecule has 0 saturated carbocycles. The predicted octanol–water partition coefficient (Wildman–Crippen LogP) is 1.93. The molecule has 1 aromatic rings. The zero-order valence-electron chi connectivity index (χ0n) is 12.6. The first-order valence-electron chi connectivity index (χ1n) is 7.61. The van der Waals surface area contributed by atoms with E-state index in [4.69, 9.17) is 4.84 Å². The van der Waals surface area contributed by atoms with Crippen LogP contribution in [-0.4, -0.2) is 49.8 Å². The van der Waals surface area contributed by atoms with E-state index in [1.54, 1.807) is 25.2 Å². The number of hydrogen-bond acceptors (Lipinski definition) is 4. The Morgan fingerprint density at radius 1 is 1.18 bits per heavy atom. The molecular weight excluding hydrogens is 307 g/mol. The lowest BCUT2D eigenvalue weighted by Crippen LogP contribution is -2.44. The van der Waals surface area contributed by atoms with Crippen LogP contribution in [0.3, 0.4) is 0 Å². The highest BCUT2D eigenvalue weighted by atomic mass is 32.2. The number of hydroxylamine groups is 2. The lowest BCUT2D eigenvalue weighted by atomic mass is 10.0. The predicted molar refractivity (Wildman–Crippen MR) is 81.0 cm³/mol. The van der Waals surface area contributed by atoms with Gasteiger partial charge < -0.3 is 0 Å². The summed E-state index contributed by atoms with van der Waals surface area (Å²) in [6.45, 7) is 1.16. The summed E-state index contributed by atoms with van der Waals surface area (Å²) in [7, 11) is -1.85. The molecule has 2 atom stereocenters. The summed E-state index contributed by atoms with van der Waals surface area (Å²) < 4.78 is 41.5. The monoisotopic (exact) mass is 328 g/mol. The van der Waals surface area contributed by atoms with Gasteiger partial charge in [0.25, 0.3) is 0 Å². The van der Waals surface area contributed by atoms with Crippen LogP contribution in [0.1, 0.15) is 30.9 Å². The standard InChI is InChI=1S/C15H21FN2O3S/c1-17-15(12-7-3-4-8-13(12)16)14(11-21-17)22(19,20)18-9-5-2-6-10-18/h3-4,7-8,14-15H,2,5-6,9-11H2,1H3/t14-,15+/m1/s1. The Labute approximate surface area is 130 Å². The Hall–Kier alpha value is -1.02. The number of hydrogen-bond donors (Lipinski definition) is 0. The van der Waals surface area contributed by atoms with Crippen molar-refractivity contribution in [3.05, 3.63) is 35.6 Å². The molecule has 0 aliphatic carbocycles. The van der Waals surface area contributed by atoms with Crippen LogP contribution in [0.25, 0.3) is 0 Å². The van der Waals surface area contributed by atoms with Crippen LogP contribution in [0.15, 0.2) is 24.3 Å². The molecule has 2 heterocycles. The summed E-state index contributed by atoms with van der Waals surface area (Å²) in [5.41, 5.74) is 0.369. The zero-order chi connectivity index (χ0) is 15.7. The van der Waals surface area contributed by atoms with Crippen molar-refractivity contribution in [1.29, 1.82) is 0 Å². The van der Waals surface area contributed by atoms with Crippen molar-refractivity contribution >= 4 is 10.0 Å². The summed E-state index contributed by atoms with van der Waals surface area (Å²) in [5.74, 6) is -0.399. The van der Waals surface area contributed by atoms with Gasteiger partial charge in [0.2, 0.25) is 10.0 Å². The lowest BCUT2D eigenvalue weighted by molar-refractivity contribution is -0.111. The molecule has 0 aromatic heterocycles. The van der Waals surface area contributed by atoms with E-state index in [-0.39, 0.29) is 6.61 Å². The topological polar surface area (TPSA) is 49.9 Å². The number of piperidine rings is 1. The normalized spacial score (nSPS) is 28.1. The molecule has 2 aliphatic heterocycles. The smallest absolute Gasteiger partial charge is 0.221 e. The van der Waals surface area contributed by atoms with Gasteiger partial charge in [-0.2, -0.15) is 5.06 Å². The molecule has 0 unspecified atom stereocenters. The minimum atomic E-state index is -3.51. The van der Waals surface area contributed by atoms with E-state index in [0.717, 1.165) is 19.3 Å². The Morgan fingerprint density at radius 2 is 1.86 bits per heavy atom. The first-order chi connectivity index (χ1) is 10.5. The Bertz CT molecular complexity index is 631. The van der Waals surface area contributed by atoms with Gasteiger partial charge in [-0.25, -0.2) is 17.1 Å². The number of sulfonamides is 1. The number of rotatable bonds is 3. The molecule has 0 N–H and O–H groups in total. The SMILES string of the molecule is CN1OC[C@@H](S(=O)(=O)N2CCCCC2)[C@@H]1c1ccccc1F. The first-order valence-corrected chi connectivity index (χ1v) is 9.11. The average molecular weight is 328 g/mol. The highest BCUT2D eigenvalue weighted by molar-refractivity contribution is 7.89. The Kier molecular flexibility index (Phi) is 4.49. The summed E-state index contributed by atoms with van der Waals surface area (Å²) in [5, 5.41) is 0.692. The fraction of sp³-hybridized carbons (Fsp3) is 0.600. The fourth-order valence-corrected chi connectivity index (χ4v) is 5.29. The molecule has 1 aromatic carbocycles. The number of nitrogens with zero attached hydrogens (tertiary/aromatic N) is 2. The molecule has 3 rings (SSSR count). The van der Waals surface area contributed by atoms with E-state index < -0.39 is 27.1 Å². The van der Waals surface area contributed by atoms with Gasteiger partial charge in [-0.3, -0.25) is 4.84 Å². The van der Waals surface area contributed by atoms with Gasteiger partial charge in [-0.05, 0) is 18.9 Å². The maximum atomic E-state index is 14.1. The summed E-state index contributed by atoms with van der Waals surface area (Å²) in [6, 6.07) is 5.68. The third-order valence-corrected chi connectivity index (χ3v) is 6.71. The molecule has 0 amide bonds. The van der Waals surface area contributed by atoms with Crippen LogP contribution >= 0.6 is 0 Å². The van der Waals surface area contributed by atoms with Gasteiger partial charge in [0.15, 0.2) is 0 Å². The third-order valence-electron chi connectivity index (χ3n) is 4.47. The quantitative estimate of drug-likeness (QED) is 0.851. The second-order valence-corrected chi connectivity index (χ2v) is 8.00. The molecule has 0 radical (unpaired) electrons. The molecule has 2 aliphatic rings. The fourth-order valence-electron chi connectivity index (χ4n) is 3.27. The molecule has 122 valence electrons.